The molecule has 1 saturated carbocycles. The largest absolute Gasteiger partial charge is 0.332 e. The lowest BCUT2D eigenvalue weighted by atomic mass is 9.95. The van der Waals surface area contributed by atoms with Crippen LogP contribution in [0.1, 0.15) is 42.5 Å². The van der Waals surface area contributed by atoms with Crippen molar-refractivity contribution in [1.82, 2.24) is 9.21 Å². The van der Waals surface area contributed by atoms with E-state index in [1.54, 1.807) is 16.2 Å². The third-order valence-electron chi connectivity index (χ3n) is 6.19. The van der Waals surface area contributed by atoms with Crippen LogP contribution in [0.3, 0.4) is 0 Å². The molecule has 34 heavy (non-hydrogen) atoms. The number of amides is 1. The zero-order valence-corrected chi connectivity index (χ0v) is 20.6. The maximum Gasteiger partial charge on any atom is 0.243 e. The maximum atomic E-state index is 13.6. The first-order valence-corrected chi connectivity index (χ1v) is 13.9. The van der Waals surface area contributed by atoms with Crippen molar-refractivity contribution in [2.24, 2.45) is 0 Å². The van der Waals surface area contributed by atoms with Crippen molar-refractivity contribution in [3.8, 4) is 0 Å². The first kappa shape index (κ1) is 24.6. The number of sulfonamides is 1. The summed E-state index contributed by atoms with van der Waals surface area (Å²) < 4.78 is 42.0. The number of carbonyl (C=O) groups is 1. The van der Waals surface area contributed by atoms with Crippen LogP contribution in [0.2, 0.25) is 0 Å². The van der Waals surface area contributed by atoms with E-state index in [9.17, 15) is 17.6 Å². The molecule has 0 spiro atoms. The number of hydrogen-bond donors (Lipinski definition) is 0. The molecular formula is C26H29FN2O3S2. The highest BCUT2D eigenvalue weighted by Crippen LogP contribution is 2.28. The number of nitrogens with zero attached hydrogens (tertiary/aromatic N) is 2. The third-order valence-corrected chi connectivity index (χ3v) is 8.96. The second-order valence-electron chi connectivity index (χ2n) is 8.61. The minimum Gasteiger partial charge on any atom is -0.332 e. The molecular weight excluding hydrogens is 471 g/mol. The highest BCUT2D eigenvalue weighted by molar-refractivity contribution is 7.89. The van der Waals surface area contributed by atoms with Crippen molar-refractivity contribution in [2.45, 2.75) is 56.1 Å². The quantitative estimate of drug-likeness (QED) is 0.393. The summed E-state index contributed by atoms with van der Waals surface area (Å²) in [5, 5.41) is 1.97. The number of benzene rings is 2. The Balaban J connectivity index is 1.62. The van der Waals surface area contributed by atoms with Crippen molar-refractivity contribution in [3.05, 3.63) is 88.4 Å². The zero-order valence-electron chi connectivity index (χ0n) is 19.0. The second-order valence-corrected chi connectivity index (χ2v) is 11.5. The molecule has 0 atom stereocenters. The lowest BCUT2D eigenvalue weighted by Crippen LogP contribution is -2.47. The predicted molar refractivity (Wildman–Crippen MR) is 132 cm³/mol. The monoisotopic (exact) mass is 500 g/mol. The first-order valence-electron chi connectivity index (χ1n) is 11.5. The van der Waals surface area contributed by atoms with Gasteiger partial charge in [-0.3, -0.25) is 4.79 Å². The maximum absolute atomic E-state index is 13.6. The number of thiophene rings is 1. The minimum absolute atomic E-state index is 0.0140. The molecule has 1 aliphatic rings. The van der Waals surface area contributed by atoms with Crippen molar-refractivity contribution in [2.75, 3.05) is 6.54 Å². The molecule has 2 aromatic carbocycles. The Morgan fingerprint density at radius 1 is 0.912 bits per heavy atom. The fourth-order valence-corrected chi connectivity index (χ4v) is 6.74. The summed E-state index contributed by atoms with van der Waals surface area (Å²) >= 11 is 1.57. The van der Waals surface area contributed by atoms with Gasteiger partial charge in [0.2, 0.25) is 15.9 Å². The van der Waals surface area contributed by atoms with Crippen LogP contribution in [0.25, 0.3) is 0 Å². The second kappa shape index (κ2) is 11.3. The molecule has 4 rings (SSSR count). The number of halogens is 1. The van der Waals surface area contributed by atoms with E-state index < -0.39 is 15.8 Å². The van der Waals surface area contributed by atoms with Gasteiger partial charge in [0.05, 0.1) is 18.0 Å². The van der Waals surface area contributed by atoms with Gasteiger partial charge >= 0.3 is 0 Å². The molecule has 0 aliphatic heterocycles. The fourth-order valence-electron chi connectivity index (χ4n) is 4.38. The molecule has 180 valence electrons. The lowest BCUT2D eigenvalue weighted by molar-refractivity contribution is -0.133. The average Bonchev–Trinajstić information content (AvgIpc) is 3.36. The Hall–Kier alpha value is -2.55. The van der Waals surface area contributed by atoms with Crippen LogP contribution in [-0.4, -0.2) is 36.1 Å². The van der Waals surface area contributed by atoms with Crippen LogP contribution < -0.4 is 0 Å². The molecule has 1 aromatic heterocycles. The first-order chi connectivity index (χ1) is 16.4. The van der Waals surface area contributed by atoms with Crippen LogP contribution >= 0.6 is 11.3 Å². The molecule has 0 saturated heterocycles. The van der Waals surface area contributed by atoms with E-state index in [1.165, 1.54) is 16.4 Å². The van der Waals surface area contributed by atoms with Gasteiger partial charge < -0.3 is 4.90 Å². The molecule has 0 unspecified atom stereocenters. The predicted octanol–water partition coefficient (Wildman–Crippen LogP) is 5.44. The summed E-state index contributed by atoms with van der Waals surface area (Å²) in [4.78, 5) is 16.4. The van der Waals surface area contributed by atoms with Gasteiger partial charge in [0, 0.05) is 17.5 Å². The molecule has 8 heteroatoms. The van der Waals surface area contributed by atoms with E-state index in [1.807, 2.05) is 47.8 Å². The van der Waals surface area contributed by atoms with Crippen molar-refractivity contribution in [1.29, 1.82) is 0 Å². The van der Waals surface area contributed by atoms with E-state index in [2.05, 4.69) is 0 Å². The average molecular weight is 501 g/mol. The van der Waals surface area contributed by atoms with Gasteiger partial charge in [0.25, 0.3) is 0 Å². The molecule has 1 heterocycles. The van der Waals surface area contributed by atoms with Gasteiger partial charge in [-0.15, -0.1) is 11.3 Å². The molecule has 0 N–H and O–H groups in total. The van der Waals surface area contributed by atoms with E-state index in [0.29, 0.717) is 13.1 Å². The Morgan fingerprint density at radius 2 is 1.62 bits per heavy atom. The highest BCUT2D eigenvalue weighted by Gasteiger charge is 2.35. The minimum atomic E-state index is -3.96. The smallest absolute Gasteiger partial charge is 0.243 e. The number of hydrogen-bond acceptors (Lipinski definition) is 4. The van der Waals surface area contributed by atoms with Crippen molar-refractivity contribution in [3.63, 3.8) is 0 Å². The van der Waals surface area contributed by atoms with Crippen LogP contribution in [0.5, 0.6) is 0 Å². The Morgan fingerprint density at radius 3 is 2.26 bits per heavy atom. The summed E-state index contributed by atoms with van der Waals surface area (Å²) in [6.07, 6.45) is 4.36. The van der Waals surface area contributed by atoms with Gasteiger partial charge in [-0.25, -0.2) is 12.8 Å². The summed E-state index contributed by atoms with van der Waals surface area (Å²) in [6, 6.07) is 18.2. The fraction of sp³-hybridized carbons (Fsp3) is 0.346. The topological polar surface area (TPSA) is 57.7 Å². The van der Waals surface area contributed by atoms with E-state index >= 15 is 0 Å². The summed E-state index contributed by atoms with van der Waals surface area (Å²) in [5.41, 5.74) is 0.984. The van der Waals surface area contributed by atoms with Gasteiger partial charge in [0.15, 0.2) is 0 Å². The van der Waals surface area contributed by atoms with E-state index in [4.69, 9.17) is 0 Å². The molecule has 3 aromatic rings. The summed E-state index contributed by atoms with van der Waals surface area (Å²) in [7, 11) is -3.96. The van der Waals surface area contributed by atoms with Crippen LogP contribution in [0.15, 0.2) is 77.0 Å². The van der Waals surface area contributed by atoms with Gasteiger partial charge in [-0.05, 0) is 54.1 Å². The van der Waals surface area contributed by atoms with Gasteiger partial charge in [-0.1, -0.05) is 55.7 Å². The molecule has 1 amide bonds. The summed E-state index contributed by atoms with van der Waals surface area (Å²) in [5.74, 6) is -0.738. The zero-order chi connectivity index (χ0) is 24.0. The lowest BCUT2D eigenvalue weighted by Gasteiger charge is -2.34. The molecule has 0 radical (unpaired) electrons. The van der Waals surface area contributed by atoms with Crippen LogP contribution in [0.4, 0.5) is 4.39 Å². The number of carbonyl (C=O) groups excluding carboxylic acids is 1. The molecule has 1 aliphatic carbocycles. The Kier molecular flexibility index (Phi) is 8.13. The van der Waals surface area contributed by atoms with Crippen LogP contribution in [0, 0.1) is 5.82 Å². The SMILES string of the molecule is O=C(CN(C1CCCCC1)S(=O)(=O)c1ccc(F)cc1)N(Cc1ccccc1)Cc1cccs1. The van der Waals surface area contributed by atoms with E-state index in [-0.39, 0.29) is 23.4 Å². The van der Waals surface area contributed by atoms with Crippen molar-refractivity contribution < 1.29 is 17.6 Å². The molecule has 5 nitrogen and oxygen atoms in total. The number of rotatable bonds is 9. The van der Waals surface area contributed by atoms with Crippen LogP contribution in [-0.2, 0) is 27.9 Å². The van der Waals surface area contributed by atoms with Crippen molar-refractivity contribution >= 4 is 27.3 Å². The Labute approximate surface area is 204 Å². The highest BCUT2D eigenvalue weighted by atomic mass is 32.2. The molecule has 0 bridgehead atoms. The normalized spacial score (nSPS) is 14.9. The standard InChI is InChI=1S/C26H29FN2O3S2/c27-22-13-15-25(16-14-22)34(31,32)29(23-10-5-2-6-11-23)20-26(30)28(19-24-12-7-17-33-24)18-21-8-3-1-4-9-21/h1,3-4,7-9,12-17,23H,2,5-6,10-11,18-20H2. The van der Waals surface area contributed by atoms with Gasteiger partial charge in [0.1, 0.15) is 5.82 Å². The van der Waals surface area contributed by atoms with Gasteiger partial charge in [-0.2, -0.15) is 4.31 Å². The summed E-state index contributed by atoms with van der Waals surface area (Å²) in [6.45, 7) is 0.579. The molecule has 1 fully saturated rings. The third kappa shape index (κ3) is 6.11. The van der Waals surface area contributed by atoms with E-state index in [0.717, 1.165) is 54.7 Å². The Bertz CT molecular complexity index is 1160.